The predicted octanol–water partition coefficient (Wildman–Crippen LogP) is 2.32. The second-order valence-electron chi connectivity index (χ2n) is 5.11. The summed E-state index contributed by atoms with van der Waals surface area (Å²) in [6.07, 6.45) is -4.55. The predicted molar refractivity (Wildman–Crippen MR) is 74.0 cm³/mol. The molecule has 0 aliphatic carbocycles. The molecule has 9 heteroatoms. The van der Waals surface area contributed by atoms with E-state index in [9.17, 15) is 27.0 Å². The Hall–Kier alpha value is -1.19. The molecule has 1 unspecified atom stereocenters. The van der Waals surface area contributed by atoms with Crippen molar-refractivity contribution in [3.63, 3.8) is 0 Å². The minimum Gasteiger partial charge on any atom is -0.366 e. The minimum absolute atomic E-state index is 0.0137. The summed E-state index contributed by atoms with van der Waals surface area (Å²) in [5.41, 5.74) is 0.342. The molecule has 1 aromatic carbocycles. The van der Waals surface area contributed by atoms with Crippen LogP contribution in [0.1, 0.15) is 5.56 Å². The topological polar surface area (TPSA) is 43.8 Å². The van der Waals surface area contributed by atoms with Crippen LogP contribution in [0.3, 0.4) is 0 Å². The molecule has 0 saturated carbocycles. The van der Waals surface area contributed by atoms with Gasteiger partial charge in [-0.25, -0.2) is 4.39 Å². The monoisotopic (exact) mass is 340 g/mol. The Morgan fingerprint density at radius 2 is 1.82 bits per heavy atom. The van der Waals surface area contributed by atoms with Gasteiger partial charge in [-0.1, -0.05) is 0 Å². The zero-order valence-corrected chi connectivity index (χ0v) is 12.7. The van der Waals surface area contributed by atoms with Crippen LogP contribution in [0.15, 0.2) is 17.0 Å². The summed E-state index contributed by atoms with van der Waals surface area (Å²) >= 11 is 0. The lowest BCUT2D eigenvalue weighted by Crippen LogP contribution is -2.45. The van der Waals surface area contributed by atoms with Gasteiger partial charge in [0.05, 0.1) is 16.5 Å². The highest BCUT2D eigenvalue weighted by Gasteiger charge is 2.32. The highest BCUT2D eigenvalue weighted by atomic mass is 32.2. The Balaban J connectivity index is 2.29. The Kier molecular flexibility index (Phi) is 5.08. The number of hydrogen-bond donors (Lipinski definition) is 1. The van der Waals surface area contributed by atoms with E-state index >= 15 is 0 Å². The summed E-state index contributed by atoms with van der Waals surface area (Å²) in [6, 6.07) is 2.32. The van der Waals surface area contributed by atoms with Crippen molar-refractivity contribution < 1.29 is 27.0 Å². The lowest BCUT2D eigenvalue weighted by atomic mass is 10.2. The first-order valence-corrected chi connectivity index (χ1v) is 7.93. The third-order valence-corrected chi connectivity index (χ3v) is 4.90. The fraction of sp³-hybridized carbons (Fsp3) is 0.538. The molecule has 0 amide bonds. The minimum atomic E-state index is -4.55. The van der Waals surface area contributed by atoms with Gasteiger partial charge >= 0.3 is 6.18 Å². The number of piperazine rings is 1. The quantitative estimate of drug-likeness (QED) is 0.858. The molecule has 0 radical (unpaired) electrons. The molecule has 22 heavy (non-hydrogen) atoms. The molecule has 1 atom stereocenters. The average molecular weight is 340 g/mol. The van der Waals surface area contributed by atoms with Crippen molar-refractivity contribution in [2.75, 3.05) is 36.8 Å². The number of rotatable bonds is 3. The van der Waals surface area contributed by atoms with Gasteiger partial charge < -0.3 is 10.1 Å². The van der Waals surface area contributed by atoms with Gasteiger partial charge in [0.15, 0.2) is 0 Å². The van der Waals surface area contributed by atoms with E-state index in [1.807, 2.05) is 0 Å². The Bertz CT molecular complexity index is 572. The van der Waals surface area contributed by atoms with Crippen molar-refractivity contribution >= 4 is 16.5 Å². The van der Waals surface area contributed by atoms with Gasteiger partial charge in [0, 0.05) is 31.1 Å². The molecule has 1 aromatic rings. The summed E-state index contributed by atoms with van der Waals surface area (Å²) in [5, 5.41) is 10.4. The zero-order valence-electron chi connectivity index (χ0n) is 11.9. The number of aryl methyl sites for hydroxylation is 1. The largest absolute Gasteiger partial charge is 0.400 e. The van der Waals surface area contributed by atoms with Crippen molar-refractivity contribution in [2.45, 2.75) is 18.0 Å². The summed E-state index contributed by atoms with van der Waals surface area (Å²) in [4.78, 5) is 1.61. The number of hydrogen-bond acceptors (Lipinski definition) is 4. The Labute approximate surface area is 127 Å². The number of nitrogens with zero attached hydrogens (tertiary/aromatic N) is 2. The van der Waals surface area contributed by atoms with Gasteiger partial charge in [0.1, 0.15) is 11.6 Å². The molecule has 1 fully saturated rings. The van der Waals surface area contributed by atoms with Crippen molar-refractivity contribution in [3.8, 4) is 0 Å². The summed E-state index contributed by atoms with van der Waals surface area (Å²) in [6.45, 7) is 2.70. The van der Waals surface area contributed by atoms with Crippen molar-refractivity contribution in [2.24, 2.45) is 0 Å². The van der Waals surface area contributed by atoms with Crippen LogP contribution >= 0.6 is 0 Å². The number of halogens is 4. The van der Waals surface area contributed by atoms with Gasteiger partial charge in [0.25, 0.3) is 0 Å². The van der Waals surface area contributed by atoms with Crippen molar-refractivity contribution in [3.05, 3.63) is 23.5 Å². The Morgan fingerprint density at radius 3 is 2.36 bits per heavy atom. The number of alkyl halides is 3. The van der Waals surface area contributed by atoms with Crippen LogP contribution in [-0.2, 0) is 10.8 Å². The first-order chi connectivity index (χ1) is 10.2. The van der Waals surface area contributed by atoms with Crippen LogP contribution in [-0.4, -0.2) is 52.6 Å². The van der Waals surface area contributed by atoms with Gasteiger partial charge in [-0.3, -0.25) is 4.21 Å². The first kappa shape index (κ1) is 17.2. The molecule has 4 nitrogen and oxygen atoms in total. The molecule has 2 rings (SSSR count). The second kappa shape index (κ2) is 6.51. The van der Waals surface area contributed by atoms with E-state index in [-0.39, 0.29) is 16.1 Å². The van der Waals surface area contributed by atoms with Crippen LogP contribution < -0.4 is 4.90 Å². The van der Waals surface area contributed by atoms with Crippen LogP contribution in [0.25, 0.3) is 0 Å². The fourth-order valence-electron chi connectivity index (χ4n) is 2.29. The van der Waals surface area contributed by atoms with Gasteiger partial charge in [-0.05, 0) is 24.6 Å². The molecule has 1 saturated heterocycles. The normalized spacial score (nSPS) is 18.5. The van der Waals surface area contributed by atoms with Crippen molar-refractivity contribution in [1.29, 1.82) is 0 Å². The highest BCUT2D eigenvalue weighted by molar-refractivity contribution is 7.85. The molecular formula is C13H16F4N2O2S. The standard InChI is InChI=1S/C13H16F4N2O2S/c1-9-6-10(14)11(18-2-4-19(20)5-3-18)7-12(9)22(21)8-13(15,16)17/h6-7,20H,2-5,8H2,1H3. The lowest BCUT2D eigenvalue weighted by Gasteiger charge is -2.33. The fourth-order valence-corrected chi connectivity index (χ4v) is 3.41. The third kappa shape index (κ3) is 4.17. The molecule has 1 aliphatic rings. The van der Waals surface area contributed by atoms with Gasteiger partial charge in [-0.2, -0.15) is 18.2 Å². The molecule has 124 valence electrons. The van der Waals surface area contributed by atoms with E-state index in [1.54, 1.807) is 4.90 Å². The first-order valence-electron chi connectivity index (χ1n) is 6.61. The zero-order chi connectivity index (χ0) is 16.5. The molecular weight excluding hydrogens is 324 g/mol. The van der Waals surface area contributed by atoms with E-state index in [0.717, 1.165) is 11.1 Å². The van der Waals surface area contributed by atoms with E-state index in [0.29, 0.717) is 26.2 Å². The average Bonchev–Trinajstić information content (AvgIpc) is 2.38. The third-order valence-electron chi connectivity index (χ3n) is 3.38. The highest BCUT2D eigenvalue weighted by Crippen LogP contribution is 2.28. The van der Waals surface area contributed by atoms with E-state index < -0.39 is 28.5 Å². The van der Waals surface area contributed by atoms with E-state index in [2.05, 4.69) is 0 Å². The van der Waals surface area contributed by atoms with E-state index in [1.165, 1.54) is 13.0 Å². The molecule has 1 heterocycles. The molecule has 0 spiro atoms. The van der Waals surface area contributed by atoms with Gasteiger partial charge in [-0.15, -0.1) is 0 Å². The second-order valence-corrected chi connectivity index (χ2v) is 6.53. The summed E-state index contributed by atoms with van der Waals surface area (Å²) < 4.78 is 63.1. The maximum atomic E-state index is 14.1. The SMILES string of the molecule is Cc1cc(F)c(N2CCN(O)CC2)cc1S(=O)CC(F)(F)F. The number of hydroxylamine groups is 2. The maximum Gasteiger partial charge on any atom is 0.400 e. The van der Waals surface area contributed by atoms with Crippen LogP contribution in [0.5, 0.6) is 0 Å². The van der Waals surface area contributed by atoms with Gasteiger partial charge in [0.2, 0.25) is 0 Å². The van der Waals surface area contributed by atoms with Crippen LogP contribution in [0, 0.1) is 12.7 Å². The number of anilines is 1. The Morgan fingerprint density at radius 1 is 1.23 bits per heavy atom. The lowest BCUT2D eigenvalue weighted by molar-refractivity contribution is -0.105. The molecule has 1 N–H and O–H groups in total. The maximum absolute atomic E-state index is 14.1. The summed E-state index contributed by atoms with van der Waals surface area (Å²) in [5.74, 6) is -2.03. The number of benzene rings is 1. The van der Waals surface area contributed by atoms with Crippen LogP contribution in [0.2, 0.25) is 0 Å². The molecule has 1 aliphatic heterocycles. The smallest absolute Gasteiger partial charge is 0.366 e. The van der Waals surface area contributed by atoms with E-state index in [4.69, 9.17) is 0 Å². The van der Waals surface area contributed by atoms with Crippen LogP contribution in [0.4, 0.5) is 23.2 Å². The van der Waals surface area contributed by atoms with Crippen molar-refractivity contribution in [1.82, 2.24) is 5.06 Å². The molecule has 0 bridgehead atoms. The summed E-state index contributed by atoms with van der Waals surface area (Å²) in [7, 11) is -2.27. The molecule has 0 aromatic heterocycles.